The van der Waals surface area contributed by atoms with Crippen molar-refractivity contribution in [2.75, 3.05) is 0 Å². The van der Waals surface area contributed by atoms with Crippen molar-refractivity contribution >= 4 is 5.97 Å². The number of aliphatic carboxylic acids is 1. The molecule has 2 fully saturated rings. The summed E-state index contributed by atoms with van der Waals surface area (Å²) in [4.78, 5) is 11.1. The molecule has 0 aromatic rings. The summed E-state index contributed by atoms with van der Waals surface area (Å²) >= 11 is 0. The van der Waals surface area contributed by atoms with Gasteiger partial charge in [0.2, 0.25) is 5.92 Å². The second kappa shape index (κ2) is 2.71. The summed E-state index contributed by atoms with van der Waals surface area (Å²) in [5.74, 6) is -3.56. The minimum Gasteiger partial charge on any atom is -0.481 e. The van der Waals surface area contributed by atoms with Gasteiger partial charge in [-0.15, -0.1) is 0 Å². The van der Waals surface area contributed by atoms with E-state index >= 15 is 0 Å². The highest BCUT2D eigenvalue weighted by Crippen LogP contribution is 2.64. The number of fused-ring (bicyclic) bond motifs is 1. The number of carboxylic acids is 1. The second-order valence-electron chi connectivity index (χ2n) is 5.83. The molecule has 2 aliphatic carbocycles. The van der Waals surface area contributed by atoms with Gasteiger partial charge in [0.25, 0.3) is 0 Å². The van der Waals surface area contributed by atoms with Crippen molar-refractivity contribution in [1.29, 1.82) is 0 Å². The molecule has 0 amide bonds. The smallest absolute Gasteiger partial charge is 0.309 e. The molecule has 15 heavy (non-hydrogen) atoms. The van der Waals surface area contributed by atoms with E-state index in [1.807, 2.05) is 6.92 Å². The highest BCUT2D eigenvalue weighted by atomic mass is 19.3. The molecule has 0 radical (unpaired) electrons. The van der Waals surface area contributed by atoms with Crippen LogP contribution in [0.15, 0.2) is 0 Å². The summed E-state index contributed by atoms with van der Waals surface area (Å²) in [7, 11) is 0. The average Bonchev–Trinajstić information content (AvgIpc) is 2.31. The van der Waals surface area contributed by atoms with Gasteiger partial charge in [-0.3, -0.25) is 4.79 Å². The van der Waals surface area contributed by atoms with Crippen molar-refractivity contribution < 1.29 is 18.7 Å². The zero-order valence-electron chi connectivity index (χ0n) is 9.02. The number of alkyl halides is 2. The lowest BCUT2D eigenvalue weighted by Gasteiger charge is -2.25. The van der Waals surface area contributed by atoms with Gasteiger partial charge >= 0.3 is 5.97 Å². The third kappa shape index (κ3) is 1.54. The summed E-state index contributed by atoms with van der Waals surface area (Å²) in [5.41, 5.74) is -1.27. The first-order valence-electron chi connectivity index (χ1n) is 5.28. The third-order valence-corrected chi connectivity index (χ3v) is 4.20. The van der Waals surface area contributed by atoms with Crippen LogP contribution in [0.5, 0.6) is 0 Å². The lowest BCUT2D eigenvalue weighted by molar-refractivity contribution is -0.148. The largest absolute Gasteiger partial charge is 0.481 e. The first-order valence-corrected chi connectivity index (χ1v) is 5.28. The van der Waals surface area contributed by atoms with E-state index in [2.05, 4.69) is 0 Å². The van der Waals surface area contributed by atoms with E-state index in [0.29, 0.717) is 12.8 Å². The van der Waals surface area contributed by atoms with Crippen LogP contribution >= 0.6 is 0 Å². The predicted molar refractivity (Wildman–Crippen MR) is 50.8 cm³/mol. The van der Waals surface area contributed by atoms with Crippen molar-refractivity contribution in [3.05, 3.63) is 0 Å². The van der Waals surface area contributed by atoms with Crippen LogP contribution in [0.3, 0.4) is 0 Å². The Morgan fingerprint density at radius 3 is 2.33 bits per heavy atom. The Labute approximate surface area is 87.7 Å². The van der Waals surface area contributed by atoms with Crippen LogP contribution in [0, 0.1) is 16.7 Å². The Morgan fingerprint density at radius 1 is 1.27 bits per heavy atom. The monoisotopic (exact) mass is 218 g/mol. The lowest BCUT2D eigenvalue weighted by Crippen LogP contribution is -2.28. The Bertz CT molecular complexity index is 316. The van der Waals surface area contributed by atoms with Crippen molar-refractivity contribution in [2.24, 2.45) is 16.7 Å². The molecule has 0 bridgehead atoms. The van der Waals surface area contributed by atoms with Gasteiger partial charge in [0.1, 0.15) is 0 Å². The van der Waals surface area contributed by atoms with Gasteiger partial charge in [-0.05, 0) is 31.1 Å². The van der Waals surface area contributed by atoms with Crippen molar-refractivity contribution in [3.8, 4) is 0 Å². The van der Waals surface area contributed by atoms with Crippen LogP contribution in [0.4, 0.5) is 8.78 Å². The van der Waals surface area contributed by atoms with Crippen LogP contribution < -0.4 is 0 Å². The summed E-state index contributed by atoms with van der Waals surface area (Å²) in [6, 6.07) is 0. The first-order chi connectivity index (χ1) is 6.67. The lowest BCUT2D eigenvalue weighted by atomic mass is 9.80. The minimum atomic E-state index is -2.58. The highest BCUT2D eigenvalue weighted by Gasteiger charge is 2.62. The van der Waals surface area contributed by atoms with E-state index in [1.165, 1.54) is 0 Å². The molecule has 0 aliphatic heterocycles. The Balaban J connectivity index is 2.23. The van der Waals surface area contributed by atoms with Crippen LogP contribution in [-0.4, -0.2) is 17.0 Å². The Morgan fingerprint density at radius 2 is 1.87 bits per heavy atom. The number of carbonyl (C=O) groups is 1. The summed E-state index contributed by atoms with van der Waals surface area (Å²) in [6.07, 6.45) is 0.504. The molecule has 0 saturated heterocycles. The third-order valence-electron chi connectivity index (χ3n) is 4.20. The van der Waals surface area contributed by atoms with E-state index in [1.54, 1.807) is 6.92 Å². The quantitative estimate of drug-likeness (QED) is 0.734. The van der Waals surface area contributed by atoms with Crippen LogP contribution in [0.25, 0.3) is 0 Å². The summed E-state index contributed by atoms with van der Waals surface area (Å²) < 4.78 is 26.4. The van der Waals surface area contributed by atoms with Gasteiger partial charge in [-0.1, -0.05) is 6.92 Å². The highest BCUT2D eigenvalue weighted by molar-refractivity contribution is 5.74. The van der Waals surface area contributed by atoms with Crippen molar-refractivity contribution in [3.63, 3.8) is 0 Å². The molecular formula is C11H16F2O2. The Kier molecular flexibility index (Phi) is 1.96. The summed E-state index contributed by atoms with van der Waals surface area (Å²) in [6.45, 7) is 3.49. The van der Waals surface area contributed by atoms with Gasteiger partial charge in [0.15, 0.2) is 0 Å². The van der Waals surface area contributed by atoms with Gasteiger partial charge in [0.05, 0.1) is 5.41 Å². The van der Waals surface area contributed by atoms with E-state index in [0.717, 1.165) is 0 Å². The molecule has 0 unspecified atom stereocenters. The fourth-order valence-electron chi connectivity index (χ4n) is 3.61. The zero-order chi connectivity index (χ0) is 11.5. The van der Waals surface area contributed by atoms with Crippen molar-refractivity contribution in [2.45, 2.75) is 45.5 Å². The molecule has 3 atom stereocenters. The maximum atomic E-state index is 13.2. The molecule has 2 nitrogen and oxygen atoms in total. The number of hydrogen-bond donors (Lipinski definition) is 1. The van der Waals surface area contributed by atoms with Crippen LogP contribution in [-0.2, 0) is 4.79 Å². The number of carboxylic acid groups (broad SMARTS) is 1. The molecule has 4 heteroatoms. The number of hydrogen-bond acceptors (Lipinski definition) is 1. The van der Waals surface area contributed by atoms with Gasteiger partial charge in [0, 0.05) is 12.8 Å². The summed E-state index contributed by atoms with van der Waals surface area (Å²) in [5, 5.41) is 9.08. The average molecular weight is 218 g/mol. The number of rotatable bonds is 1. The normalized spacial score (nSPS) is 47.9. The predicted octanol–water partition coefficient (Wildman–Crippen LogP) is 2.92. The maximum Gasteiger partial charge on any atom is 0.309 e. The van der Waals surface area contributed by atoms with E-state index in [4.69, 9.17) is 5.11 Å². The molecule has 0 aromatic carbocycles. The molecule has 2 aliphatic rings. The van der Waals surface area contributed by atoms with Gasteiger partial charge in [-0.25, -0.2) is 8.78 Å². The van der Waals surface area contributed by atoms with E-state index in [-0.39, 0.29) is 18.8 Å². The second-order valence-corrected chi connectivity index (χ2v) is 5.83. The fraction of sp³-hybridized carbons (Fsp3) is 0.909. The first kappa shape index (κ1) is 10.8. The van der Waals surface area contributed by atoms with Crippen LogP contribution in [0.2, 0.25) is 0 Å². The van der Waals surface area contributed by atoms with E-state index in [9.17, 15) is 13.6 Å². The zero-order valence-corrected chi connectivity index (χ0v) is 9.02. The molecule has 0 heterocycles. The minimum absolute atomic E-state index is 0.131. The van der Waals surface area contributed by atoms with Crippen LogP contribution in [0.1, 0.15) is 39.5 Å². The van der Waals surface area contributed by atoms with Gasteiger partial charge in [-0.2, -0.15) is 0 Å². The molecule has 2 rings (SSSR count). The topological polar surface area (TPSA) is 37.3 Å². The molecule has 0 spiro atoms. The Hall–Kier alpha value is -0.670. The SMILES string of the molecule is C[C@]1(C(=O)O)C[C@H]2CC(F)(F)C[C@@]2(C)C1. The van der Waals surface area contributed by atoms with Crippen molar-refractivity contribution in [1.82, 2.24) is 0 Å². The molecular weight excluding hydrogens is 202 g/mol. The number of halogens is 2. The fourth-order valence-corrected chi connectivity index (χ4v) is 3.61. The molecule has 2 saturated carbocycles. The molecule has 86 valence electrons. The van der Waals surface area contributed by atoms with E-state index < -0.39 is 22.7 Å². The maximum absolute atomic E-state index is 13.2. The molecule has 0 aromatic heterocycles. The molecule has 1 N–H and O–H groups in total. The standard InChI is InChI=1S/C11H16F2O2/c1-9(8(14)15)3-7-4-11(12,13)6-10(7,2)5-9/h7H,3-6H2,1-2H3,(H,14,15)/t7-,9-,10+/m0/s1. The van der Waals surface area contributed by atoms with Gasteiger partial charge < -0.3 is 5.11 Å².